The SMILES string of the molecule is Cn1ccnc1[C@@H](NC(=O)C1CCN(C(=O)OC(C)(C)C)CC1)c1ccc(F)cc1. The summed E-state index contributed by atoms with van der Waals surface area (Å²) in [4.78, 5) is 31.3. The molecule has 0 unspecified atom stereocenters. The van der Waals surface area contributed by atoms with Gasteiger partial charge in [0.05, 0.1) is 0 Å². The van der Waals surface area contributed by atoms with Crippen molar-refractivity contribution in [2.75, 3.05) is 13.1 Å². The summed E-state index contributed by atoms with van der Waals surface area (Å²) in [6, 6.07) is 5.56. The first-order valence-corrected chi connectivity index (χ1v) is 10.1. The van der Waals surface area contributed by atoms with Gasteiger partial charge in [0.15, 0.2) is 0 Å². The van der Waals surface area contributed by atoms with Crippen LogP contribution in [0.15, 0.2) is 36.7 Å². The topological polar surface area (TPSA) is 76.5 Å². The van der Waals surface area contributed by atoms with Gasteiger partial charge in [-0.3, -0.25) is 4.79 Å². The third kappa shape index (κ3) is 5.37. The molecule has 1 N–H and O–H groups in total. The number of likely N-dealkylation sites (tertiary alicyclic amines) is 1. The van der Waals surface area contributed by atoms with Gasteiger partial charge in [-0.2, -0.15) is 0 Å². The quantitative estimate of drug-likeness (QED) is 0.829. The van der Waals surface area contributed by atoms with Gasteiger partial charge >= 0.3 is 6.09 Å². The molecule has 1 aromatic heterocycles. The number of benzene rings is 1. The summed E-state index contributed by atoms with van der Waals surface area (Å²) in [6.45, 7) is 6.43. The zero-order valence-corrected chi connectivity index (χ0v) is 17.9. The number of hydrogen-bond donors (Lipinski definition) is 1. The number of nitrogens with zero attached hydrogens (tertiary/aromatic N) is 3. The molecule has 0 spiro atoms. The van der Waals surface area contributed by atoms with Crippen LogP contribution in [0.2, 0.25) is 0 Å². The minimum Gasteiger partial charge on any atom is -0.444 e. The maximum Gasteiger partial charge on any atom is 0.410 e. The van der Waals surface area contributed by atoms with Crippen LogP contribution < -0.4 is 5.32 Å². The van der Waals surface area contributed by atoms with Crippen molar-refractivity contribution >= 4 is 12.0 Å². The number of amides is 2. The summed E-state index contributed by atoms with van der Waals surface area (Å²) in [5.41, 5.74) is 0.209. The minimum absolute atomic E-state index is 0.101. The first kappa shape index (κ1) is 21.8. The van der Waals surface area contributed by atoms with Crippen molar-refractivity contribution in [3.05, 3.63) is 53.9 Å². The molecular formula is C22H29FN4O3. The fraction of sp³-hybridized carbons (Fsp3) is 0.500. The molecule has 0 saturated carbocycles. The predicted molar refractivity (Wildman–Crippen MR) is 110 cm³/mol. The lowest BCUT2D eigenvalue weighted by Crippen LogP contribution is -2.45. The van der Waals surface area contributed by atoms with Gasteiger partial charge in [-0.1, -0.05) is 12.1 Å². The molecule has 162 valence electrons. The van der Waals surface area contributed by atoms with Gasteiger partial charge in [-0.05, 0) is 51.3 Å². The summed E-state index contributed by atoms with van der Waals surface area (Å²) in [7, 11) is 1.85. The van der Waals surface area contributed by atoms with E-state index in [0.717, 1.165) is 5.56 Å². The third-order valence-electron chi connectivity index (χ3n) is 5.12. The van der Waals surface area contributed by atoms with E-state index < -0.39 is 11.6 Å². The standard InChI is InChI=1S/C22H29FN4O3/c1-22(2,3)30-21(29)27-12-9-16(10-13-27)20(28)25-18(19-24-11-14-26(19)4)15-5-7-17(23)8-6-15/h5-8,11,14,16,18H,9-10,12-13H2,1-4H3,(H,25,28)/t18-/m0/s1. The molecule has 1 aliphatic heterocycles. The monoisotopic (exact) mass is 416 g/mol. The molecule has 3 rings (SSSR count). The Balaban J connectivity index is 1.66. The molecule has 8 heteroatoms. The Morgan fingerprint density at radius 1 is 1.20 bits per heavy atom. The molecule has 1 aromatic carbocycles. The molecule has 2 heterocycles. The van der Waals surface area contributed by atoms with Gasteiger partial charge in [0.1, 0.15) is 23.3 Å². The van der Waals surface area contributed by atoms with Crippen LogP contribution in [0.1, 0.15) is 51.0 Å². The number of piperidine rings is 1. The van der Waals surface area contributed by atoms with Gasteiger partial charge in [0.25, 0.3) is 0 Å². The number of nitrogens with one attached hydrogen (secondary N) is 1. The number of hydrogen-bond acceptors (Lipinski definition) is 4. The normalized spacial score (nSPS) is 16.2. The van der Waals surface area contributed by atoms with E-state index in [4.69, 9.17) is 4.74 Å². The van der Waals surface area contributed by atoms with Gasteiger partial charge < -0.3 is 19.5 Å². The Hall–Kier alpha value is -2.90. The van der Waals surface area contributed by atoms with Crippen molar-refractivity contribution in [1.29, 1.82) is 0 Å². The van der Waals surface area contributed by atoms with Gasteiger partial charge in [-0.25, -0.2) is 14.2 Å². The van der Waals surface area contributed by atoms with Crippen LogP contribution in [0, 0.1) is 11.7 Å². The molecule has 2 aromatic rings. The maximum absolute atomic E-state index is 13.4. The zero-order valence-electron chi connectivity index (χ0n) is 17.9. The van der Waals surface area contributed by atoms with E-state index >= 15 is 0 Å². The van der Waals surface area contributed by atoms with Crippen LogP contribution in [-0.2, 0) is 16.6 Å². The number of aryl methyl sites for hydroxylation is 1. The molecule has 30 heavy (non-hydrogen) atoms. The van der Waals surface area contributed by atoms with Crippen LogP contribution in [-0.4, -0.2) is 45.1 Å². The summed E-state index contributed by atoms with van der Waals surface area (Å²) >= 11 is 0. The van der Waals surface area contributed by atoms with Crippen LogP contribution in [0.5, 0.6) is 0 Å². The van der Waals surface area contributed by atoms with Gasteiger partial charge in [-0.15, -0.1) is 0 Å². The van der Waals surface area contributed by atoms with E-state index in [1.54, 1.807) is 29.4 Å². The Kier molecular flexibility index (Phi) is 6.43. The molecule has 1 fully saturated rings. The van der Waals surface area contributed by atoms with Gasteiger partial charge in [0.2, 0.25) is 5.91 Å². The highest BCUT2D eigenvalue weighted by atomic mass is 19.1. The van der Waals surface area contributed by atoms with Crippen molar-refractivity contribution in [2.24, 2.45) is 13.0 Å². The number of aromatic nitrogens is 2. The Morgan fingerprint density at radius 2 is 1.83 bits per heavy atom. The lowest BCUT2D eigenvalue weighted by molar-refractivity contribution is -0.127. The second-order valence-electron chi connectivity index (χ2n) is 8.63. The molecule has 0 radical (unpaired) electrons. The summed E-state index contributed by atoms with van der Waals surface area (Å²) in [5, 5.41) is 3.07. The van der Waals surface area contributed by atoms with E-state index in [0.29, 0.717) is 31.8 Å². The molecule has 0 aliphatic carbocycles. The number of carbonyl (C=O) groups excluding carboxylic acids is 2. The Bertz CT molecular complexity index is 881. The predicted octanol–water partition coefficient (Wildman–Crippen LogP) is 3.41. The van der Waals surface area contributed by atoms with E-state index in [-0.39, 0.29) is 23.7 Å². The first-order valence-electron chi connectivity index (χ1n) is 10.1. The van der Waals surface area contributed by atoms with Crippen LogP contribution in [0.4, 0.5) is 9.18 Å². The van der Waals surface area contributed by atoms with E-state index in [2.05, 4.69) is 10.3 Å². The first-order chi connectivity index (χ1) is 14.1. The van der Waals surface area contributed by atoms with Crippen molar-refractivity contribution < 1.29 is 18.7 Å². The molecule has 7 nitrogen and oxygen atoms in total. The summed E-state index contributed by atoms with van der Waals surface area (Å²) in [5.74, 6) is 0.0161. The lowest BCUT2D eigenvalue weighted by atomic mass is 9.95. The van der Waals surface area contributed by atoms with E-state index in [9.17, 15) is 14.0 Å². The van der Waals surface area contributed by atoms with Crippen molar-refractivity contribution in [1.82, 2.24) is 19.8 Å². The molecule has 2 amide bonds. The largest absolute Gasteiger partial charge is 0.444 e. The summed E-state index contributed by atoms with van der Waals surface area (Å²) in [6.07, 6.45) is 4.23. The van der Waals surface area contributed by atoms with E-state index in [1.807, 2.05) is 32.4 Å². The molecule has 1 saturated heterocycles. The maximum atomic E-state index is 13.4. The van der Waals surface area contributed by atoms with Crippen molar-refractivity contribution in [2.45, 2.75) is 45.3 Å². The number of imidazole rings is 1. The van der Waals surface area contributed by atoms with E-state index in [1.165, 1.54) is 12.1 Å². The van der Waals surface area contributed by atoms with Gasteiger partial charge in [0, 0.05) is 38.4 Å². The number of carbonyl (C=O) groups is 2. The average molecular weight is 416 g/mol. The lowest BCUT2D eigenvalue weighted by Gasteiger charge is -2.33. The third-order valence-corrected chi connectivity index (χ3v) is 5.12. The van der Waals surface area contributed by atoms with Crippen LogP contribution >= 0.6 is 0 Å². The molecular weight excluding hydrogens is 387 g/mol. The van der Waals surface area contributed by atoms with Crippen LogP contribution in [0.25, 0.3) is 0 Å². The molecule has 1 atom stereocenters. The highest BCUT2D eigenvalue weighted by Crippen LogP contribution is 2.24. The Labute approximate surface area is 176 Å². The second-order valence-corrected chi connectivity index (χ2v) is 8.63. The molecule has 0 bridgehead atoms. The van der Waals surface area contributed by atoms with Crippen molar-refractivity contribution in [3.8, 4) is 0 Å². The smallest absolute Gasteiger partial charge is 0.410 e. The summed E-state index contributed by atoms with van der Waals surface area (Å²) < 4.78 is 20.6. The highest BCUT2D eigenvalue weighted by molar-refractivity contribution is 5.80. The minimum atomic E-state index is -0.546. The zero-order chi connectivity index (χ0) is 21.9. The fourth-order valence-electron chi connectivity index (χ4n) is 3.52. The van der Waals surface area contributed by atoms with Crippen molar-refractivity contribution in [3.63, 3.8) is 0 Å². The Morgan fingerprint density at radius 3 is 2.37 bits per heavy atom. The fourth-order valence-corrected chi connectivity index (χ4v) is 3.52. The van der Waals surface area contributed by atoms with Crippen LogP contribution in [0.3, 0.4) is 0 Å². The second kappa shape index (κ2) is 8.85. The average Bonchev–Trinajstić information content (AvgIpc) is 3.11. The number of ether oxygens (including phenoxy) is 1. The highest BCUT2D eigenvalue weighted by Gasteiger charge is 2.31. The number of halogens is 1. The number of rotatable bonds is 4. The molecule has 1 aliphatic rings.